The van der Waals surface area contributed by atoms with Crippen molar-refractivity contribution < 1.29 is 4.79 Å². The highest BCUT2D eigenvalue weighted by atomic mass is 16.1. The Morgan fingerprint density at radius 2 is 1.91 bits per heavy atom. The van der Waals surface area contributed by atoms with E-state index in [0.29, 0.717) is 17.3 Å². The molecular formula is C18H28N4O. The van der Waals surface area contributed by atoms with E-state index in [0.717, 1.165) is 43.2 Å². The molecule has 1 aromatic rings. The van der Waals surface area contributed by atoms with E-state index in [2.05, 4.69) is 22.5 Å². The number of nitrogens with one attached hydrogen (secondary N) is 2. The van der Waals surface area contributed by atoms with Crippen LogP contribution in [0.2, 0.25) is 0 Å². The number of amides is 1. The van der Waals surface area contributed by atoms with Crippen molar-refractivity contribution in [2.24, 2.45) is 5.92 Å². The predicted molar refractivity (Wildman–Crippen MR) is 96.1 cm³/mol. The molecule has 5 heteroatoms. The summed E-state index contributed by atoms with van der Waals surface area (Å²) in [4.78, 5) is 15.0. The lowest BCUT2D eigenvalue weighted by atomic mass is 9.87. The Kier molecular flexibility index (Phi) is 4.64. The lowest BCUT2D eigenvalue weighted by Gasteiger charge is -2.35. The molecule has 1 saturated heterocycles. The number of nitrogen functional groups attached to an aromatic ring is 1. The summed E-state index contributed by atoms with van der Waals surface area (Å²) in [6.45, 7) is 4.31. The van der Waals surface area contributed by atoms with Crippen molar-refractivity contribution in [2.75, 3.05) is 36.1 Å². The minimum atomic E-state index is 0.0146. The molecule has 2 aliphatic rings. The van der Waals surface area contributed by atoms with Gasteiger partial charge in [-0.3, -0.25) is 4.79 Å². The number of carbonyl (C=O) groups is 1. The quantitative estimate of drug-likeness (QED) is 0.747. The smallest absolute Gasteiger partial charge is 0.253 e. The normalized spacial score (nSPS) is 24.0. The zero-order valence-corrected chi connectivity index (χ0v) is 14.2. The minimum Gasteiger partial charge on any atom is -0.397 e. The van der Waals surface area contributed by atoms with Crippen LogP contribution in [0.4, 0.5) is 17.1 Å². The van der Waals surface area contributed by atoms with Gasteiger partial charge in [-0.25, -0.2) is 0 Å². The molecule has 1 aliphatic heterocycles. The molecular weight excluding hydrogens is 288 g/mol. The fourth-order valence-electron chi connectivity index (χ4n) is 3.49. The maximum Gasteiger partial charge on any atom is 0.253 e. The van der Waals surface area contributed by atoms with Crippen LogP contribution >= 0.6 is 0 Å². The van der Waals surface area contributed by atoms with Gasteiger partial charge in [0.2, 0.25) is 0 Å². The van der Waals surface area contributed by atoms with Crippen molar-refractivity contribution in [1.29, 1.82) is 0 Å². The highest BCUT2D eigenvalue weighted by Gasteiger charge is 2.25. The number of rotatable bonds is 4. The monoisotopic (exact) mass is 316 g/mol. The topological polar surface area (TPSA) is 70.4 Å². The summed E-state index contributed by atoms with van der Waals surface area (Å²) in [5.41, 5.74) is 9.30. The number of nitrogens with zero attached hydrogens (tertiary/aromatic N) is 1. The summed E-state index contributed by atoms with van der Waals surface area (Å²) in [5, 5.41) is 6.33. The molecule has 1 saturated carbocycles. The van der Waals surface area contributed by atoms with Gasteiger partial charge in [0.15, 0.2) is 0 Å². The van der Waals surface area contributed by atoms with Crippen molar-refractivity contribution in [3.8, 4) is 0 Å². The minimum absolute atomic E-state index is 0.0146. The Hall–Kier alpha value is -1.91. The van der Waals surface area contributed by atoms with Gasteiger partial charge in [-0.05, 0) is 50.2 Å². The molecule has 1 heterocycles. The van der Waals surface area contributed by atoms with E-state index in [1.165, 1.54) is 19.3 Å². The number of hydrogen-bond acceptors (Lipinski definition) is 4. The van der Waals surface area contributed by atoms with Crippen molar-refractivity contribution >= 4 is 23.0 Å². The number of carbonyl (C=O) groups excluding carboxylic acids is 1. The van der Waals surface area contributed by atoms with E-state index >= 15 is 0 Å². The van der Waals surface area contributed by atoms with Crippen molar-refractivity contribution in [3.63, 3.8) is 0 Å². The number of hydrogen-bond donors (Lipinski definition) is 3. The van der Waals surface area contributed by atoms with Gasteiger partial charge in [0.05, 0.1) is 22.6 Å². The van der Waals surface area contributed by atoms with E-state index in [1.807, 2.05) is 19.2 Å². The van der Waals surface area contributed by atoms with Gasteiger partial charge in [-0.15, -0.1) is 0 Å². The zero-order chi connectivity index (χ0) is 16.4. The number of anilines is 3. The second kappa shape index (κ2) is 6.69. The zero-order valence-electron chi connectivity index (χ0n) is 14.2. The van der Waals surface area contributed by atoms with Crippen LogP contribution in [0, 0.1) is 5.92 Å². The van der Waals surface area contributed by atoms with Crippen LogP contribution in [-0.4, -0.2) is 32.1 Å². The molecule has 3 rings (SSSR count). The van der Waals surface area contributed by atoms with E-state index in [1.54, 1.807) is 0 Å². The SMILES string of the molecule is CNc1cc(N2CCC2)c(C(=O)NC2CCC(C)CC2)cc1N. The summed E-state index contributed by atoms with van der Waals surface area (Å²) in [7, 11) is 1.86. The van der Waals surface area contributed by atoms with Crippen LogP contribution < -0.4 is 21.3 Å². The Bertz CT molecular complexity index is 575. The van der Waals surface area contributed by atoms with E-state index < -0.39 is 0 Å². The summed E-state index contributed by atoms with van der Waals surface area (Å²) < 4.78 is 0. The molecule has 4 N–H and O–H groups in total. The van der Waals surface area contributed by atoms with Crippen LogP contribution in [0.5, 0.6) is 0 Å². The van der Waals surface area contributed by atoms with E-state index in [9.17, 15) is 4.79 Å². The lowest BCUT2D eigenvalue weighted by Crippen LogP contribution is -2.41. The third-order valence-corrected chi connectivity index (χ3v) is 5.23. The average molecular weight is 316 g/mol. The first-order valence-electron chi connectivity index (χ1n) is 8.75. The first-order valence-corrected chi connectivity index (χ1v) is 8.75. The third kappa shape index (κ3) is 3.38. The van der Waals surface area contributed by atoms with Gasteiger partial charge in [-0.2, -0.15) is 0 Å². The lowest BCUT2D eigenvalue weighted by molar-refractivity contribution is 0.0923. The summed E-state index contributed by atoms with van der Waals surface area (Å²) in [6.07, 6.45) is 5.74. The van der Waals surface area contributed by atoms with Crippen LogP contribution in [0.3, 0.4) is 0 Å². The van der Waals surface area contributed by atoms with Gasteiger partial charge < -0.3 is 21.3 Å². The van der Waals surface area contributed by atoms with Crippen molar-refractivity contribution in [3.05, 3.63) is 17.7 Å². The summed E-state index contributed by atoms with van der Waals surface area (Å²) in [5.74, 6) is 0.797. The molecule has 1 aliphatic carbocycles. The second-order valence-electron chi connectivity index (χ2n) is 6.98. The second-order valence-corrected chi connectivity index (χ2v) is 6.98. The van der Waals surface area contributed by atoms with Gasteiger partial charge in [0.25, 0.3) is 5.91 Å². The predicted octanol–water partition coefficient (Wildman–Crippen LogP) is 2.83. The molecule has 23 heavy (non-hydrogen) atoms. The molecule has 0 unspecified atom stereocenters. The van der Waals surface area contributed by atoms with E-state index in [-0.39, 0.29) is 5.91 Å². The Labute approximate surface area is 138 Å². The number of benzene rings is 1. The van der Waals surface area contributed by atoms with Crippen LogP contribution in [0.1, 0.15) is 49.4 Å². The fraction of sp³-hybridized carbons (Fsp3) is 0.611. The third-order valence-electron chi connectivity index (χ3n) is 5.23. The molecule has 1 aromatic carbocycles. The summed E-state index contributed by atoms with van der Waals surface area (Å²) in [6, 6.07) is 4.13. The average Bonchev–Trinajstić information content (AvgIpc) is 2.49. The molecule has 0 aromatic heterocycles. The molecule has 1 amide bonds. The molecule has 0 atom stereocenters. The van der Waals surface area contributed by atoms with Crippen molar-refractivity contribution in [1.82, 2.24) is 5.32 Å². The van der Waals surface area contributed by atoms with Gasteiger partial charge >= 0.3 is 0 Å². The van der Waals surface area contributed by atoms with Gasteiger partial charge in [0.1, 0.15) is 0 Å². The Morgan fingerprint density at radius 1 is 1.22 bits per heavy atom. The highest BCUT2D eigenvalue weighted by molar-refractivity contribution is 6.02. The van der Waals surface area contributed by atoms with Gasteiger partial charge in [-0.1, -0.05) is 6.92 Å². The highest BCUT2D eigenvalue weighted by Crippen LogP contribution is 2.33. The molecule has 2 fully saturated rings. The Morgan fingerprint density at radius 3 is 2.48 bits per heavy atom. The number of nitrogens with two attached hydrogens (primary N) is 1. The van der Waals surface area contributed by atoms with Crippen molar-refractivity contribution in [2.45, 2.75) is 45.1 Å². The van der Waals surface area contributed by atoms with Crippen LogP contribution in [0.15, 0.2) is 12.1 Å². The standard InChI is InChI=1S/C18H28N4O/c1-12-4-6-13(7-5-12)21-18(23)14-10-15(19)16(20-2)11-17(14)22-8-3-9-22/h10-13,20H,3-9,19H2,1-2H3,(H,21,23). The van der Waals surface area contributed by atoms with Gasteiger partial charge in [0, 0.05) is 26.2 Å². The largest absolute Gasteiger partial charge is 0.397 e. The molecule has 0 radical (unpaired) electrons. The molecule has 126 valence electrons. The van der Waals surface area contributed by atoms with Crippen LogP contribution in [0.25, 0.3) is 0 Å². The molecule has 0 bridgehead atoms. The first kappa shape index (κ1) is 16.0. The first-order chi connectivity index (χ1) is 11.1. The van der Waals surface area contributed by atoms with Crippen LogP contribution in [-0.2, 0) is 0 Å². The maximum atomic E-state index is 12.8. The van der Waals surface area contributed by atoms with E-state index in [4.69, 9.17) is 5.73 Å². The Balaban J connectivity index is 1.79. The molecule has 0 spiro atoms. The summed E-state index contributed by atoms with van der Waals surface area (Å²) >= 11 is 0. The maximum absolute atomic E-state index is 12.8. The molecule has 5 nitrogen and oxygen atoms in total. The fourth-order valence-corrected chi connectivity index (χ4v) is 3.49.